The zero-order valence-corrected chi connectivity index (χ0v) is 9.38. The molecule has 82 valence electrons. The summed E-state index contributed by atoms with van der Waals surface area (Å²) in [5.41, 5.74) is 5.46. The van der Waals surface area contributed by atoms with Crippen LogP contribution in [0, 0.1) is 0 Å². The van der Waals surface area contributed by atoms with Crippen molar-refractivity contribution in [3.8, 4) is 11.5 Å². The fraction of sp³-hybridized carbons (Fsp3) is 0.455. The summed E-state index contributed by atoms with van der Waals surface area (Å²) in [7, 11) is 0. The molecule has 1 aliphatic heterocycles. The van der Waals surface area contributed by atoms with Crippen LogP contribution in [0.15, 0.2) is 18.2 Å². The first kappa shape index (κ1) is 10.6. The van der Waals surface area contributed by atoms with Crippen molar-refractivity contribution in [2.24, 2.45) is 5.73 Å². The van der Waals surface area contributed by atoms with Crippen molar-refractivity contribution in [2.45, 2.75) is 25.6 Å². The molecule has 0 saturated heterocycles. The van der Waals surface area contributed by atoms with Crippen LogP contribution in [-0.2, 0) is 0 Å². The van der Waals surface area contributed by atoms with Gasteiger partial charge < -0.3 is 15.2 Å². The SMILES string of the molecule is CC1(CCCN)Oc2ccc(Cl)cc2O1. The molecular formula is C11H14ClNO2. The second kappa shape index (κ2) is 3.91. The Hall–Kier alpha value is -0.930. The largest absolute Gasteiger partial charge is 0.449 e. The molecule has 15 heavy (non-hydrogen) atoms. The lowest BCUT2D eigenvalue weighted by Gasteiger charge is -2.22. The summed E-state index contributed by atoms with van der Waals surface area (Å²) < 4.78 is 11.4. The highest BCUT2D eigenvalue weighted by Gasteiger charge is 2.35. The van der Waals surface area contributed by atoms with Crippen molar-refractivity contribution in [1.29, 1.82) is 0 Å². The van der Waals surface area contributed by atoms with Crippen molar-refractivity contribution in [3.63, 3.8) is 0 Å². The summed E-state index contributed by atoms with van der Waals surface area (Å²) in [6, 6.07) is 5.38. The Kier molecular flexibility index (Phi) is 2.76. The first-order valence-electron chi connectivity index (χ1n) is 5.01. The number of halogens is 1. The zero-order chi connectivity index (χ0) is 10.9. The maximum Gasteiger partial charge on any atom is 0.248 e. The molecule has 0 bridgehead atoms. The van der Waals surface area contributed by atoms with Crippen LogP contribution < -0.4 is 15.2 Å². The van der Waals surface area contributed by atoms with Gasteiger partial charge in [0.05, 0.1) is 0 Å². The second-order valence-corrected chi connectivity index (χ2v) is 4.26. The summed E-state index contributed by atoms with van der Waals surface area (Å²) in [5.74, 6) is 0.868. The van der Waals surface area contributed by atoms with Gasteiger partial charge in [-0.2, -0.15) is 0 Å². The van der Waals surface area contributed by atoms with Crippen LogP contribution in [0.4, 0.5) is 0 Å². The quantitative estimate of drug-likeness (QED) is 0.863. The van der Waals surface area contributed by atoms with Crippen molar-refractivity contribution in [2.75, 3.05) is 6.54 Å². The molecule has 0 saturated carbocycles. The van der Waals surface area contributed by atoms with E-state index in [1.807, 2.05) is 13.0 Å². The third kappa shape index (κ3) is 2.19. The van der Waals surface area contributed by atoms with E-state index in [0.29, 0.717) is 17.3 Å². The number of fused-ring (bicyclic) bond motifs is 1. The molecule has 0 amide bonds. The van der Waals surface area contributed by atoms with Crippen molar-refractivity contribution in [1.82, 2.24) is 0 Å². The Morgan fingerprint density at radius 3 is 2.80 bits per heavy atom. The predicted octanol–water partition coefficient (Wildman–Crippen LogP) is 2.57. The second-order valence-electron chi connectivity index (χ2n) is 3.82. The minimum atomic E-state index is -0.591. The fourth-order valence-electron chi connectivity index (χ4n) is 1.66. The van der Waals surface area contributed by atoms with Crippen molar-refractivity contribution >= 4 is 11.6 Å². The molecule has 0 aromatic heterocycles. The number of benzene rings is 1. The van der Waals surface area contributed by atoms with Gasteiger partial charge in [-0.15, -0.1) is 0 Å². The summed E-state index contributed by atoms with van der Waals surface area (Å²) in [6.07, 6.45) is 1.65. The number of hydrogen-bond donors (Lipinski definition) is 1. The molecule has 0 fully saturated rings. The first-order chi connectivity index (χ1) is 7.13. The Morgan fingerprint density at radius 2 is 2.07 bits per heavy atom. The summed E-state index contributed by atoms with van der Waals surface area (Å²) in [6.45, 7) is 2.55. The third-order valence-electron chi connectivity index (χ3n) is 2.39. The monoisotopic (exact) mass is 227 g/mol. The first-order valence-corrected chi connectivity index (χ1v) is 5.38. The van der Waals surface area contributed by atoms with Crippen molar-refractivity contribution in [3.05, 3.63) is 23.2 Å². The van der Waals surface area contributed by atoms with Gasteiger partial charge in [-0.1, -0.05) is 11.6 Å². The molecule has 2 N–H and O–H groups in total. The van der Waals surface area contributed by atoms with Gasteiger partial charge in [-0.05, 0) is 25.1 Å². The average molecular weight is 228 g/mol. The van der Waals surface area contributed by atoms with E-state index in [9.17, 15) is 0 Å². The van der Waals surface area contributed by atoms with Gasteiger partial charge in [0.15, 0.2) is 11.5 Å². The van der Waals surface area contributed by atoms with Crippen LogP contribution in [0.1, 0.15) is 19.8 Å². The Morgan fingerprint density at radius 1 is 1.33 bits per heavy atom. The Balaban J connectivity index is 2.14. The molecule has 2 rings (SSSR count). The summed E-state index contributed by atoms with van der Waals surface area (Å²) >= 11 is 5.87. The van der Waals surface area contributed by atoms with Gasteiger partial charge in [0.25, 0.3) is 0 Å². The van der Waals surface area contributed by atoms with E-state index in [-0.39, 0.29) is 0 Å². The highest BCUT2D eigenvalue weighted by molar-refractivity contribution is 6.30. The molecule has 1 aliphatic rings. The highest BCUT2D eigenvalue weighted by atomic mass is 35.5. The average Bonchev–Trinajstić information content (AvgIpc) is 2.51. The van der Waals surface area contributed by atoms with Crippen molar-refractivity contribution < 1.29 is 9.47 Å². The van der Waals surface area contributed by atoms with Crippen LogP contribution in [0.5, 0.6) is 11.5 Å². The van der Waals surface area contributed by atoms with Gasteiger partial charge in [0.2, 0.25) is 5.79 Å². The molecule has 1 aromatic carbocycles. The number of rotatable bonds is 3. The van der Waals surface area contributed by atoms with Gasteiger partial charge >= 0.3 is 0 Å². The molecular weight excluding hydrogens is 214 g/mol. The highest BCUT2D eigenvalue weighted by Crippen LogP contribution is 2.42. The van der Waals surface area contributed by atoms with E-state index in [2.05, 4.69) is 0 Å². The van der Waals surface area contributed by atoms with Gasteiger partial charge in [0.1, 0.15) is 0 Å². The topological polar surface area (TPSA) is 44.5 Å². The number of hydrogen-bond acceptors (Lipinski definition) is 3. The standard InChI is InChI=1S/C11H14ClNO2/c1-11(5-2-6-13)14-9-4-3-8(12)7-10(9)15-11/h3-4,7H,2,5-6,13H2,1H3. The van der Waals surface area contributed by atoms with E-state index >= 15 is 0 Å². The molecule has 4 heteroatoms. The summed E-state index contributed by atoms with van der Waals surface area (Å²) in [5, 5.41) is 0.653. The third-order valence-corrected chi connectivity index (χ3v) is 2.63. The summed E-state index contributed by atoms with van der Waals surface area (Å²) in [4.78, 5) is 0. The molecule has 0 aliphatic carbocycles. The van der Waals surface area contributed by atoms with Crippen LogP contribution in [0.25, 0.3) is 0 Å². The van der Waals surface area contributed by atoms with E-state index in [1.165, 1.54) is 0 Å². The Labute approximate surface area is 94.1 Å². The zero-order valence-electron chi connectivity index (χ0n) is 8.63. The molecule has 1 unspecified atom stereocenters. The molecule has 1 atom stereocenters. The van der Waals surface area contributed by atoms with Crippen LogP contribution in [0.2, 0.25) is 5.02 Å². The lowest BCUT2D eigenvalue weighted by atomic mass is 10.2. The minimum Gasteiger partial charge on any atom is -0.449 e. The lowest BCUT2D eigenvalue weighted by molar-refractivity contribution is -0.0688. The lowest BCUT2D eigenvalue weighted by Crippen LogP contribution is -2.35. The molecule has 1 aromatic rings. The predicted molar refractivity (Wildman–Crippen MR) is 59.4 cm³/mol. The molecule has 3 nitrogen and oxygen atoms in total. The van der Waals surface area contributed by atoms with Gasteiger partial charge in [-0.25, -0.2) is 0 Å². The van der Waals surface area contributed by atoms with Gasteiger partial charge in [-0.3, -0.25) is 0 Å². The number of ether oxygens (including phenoxy) is 2. The van der Waals surface area contributed by atoms with Gasteiger partial charge in [0, 0.05) is 24.4 Å². The minimum absolute atomic E-state index is 0.591. The maximum atomic E-state index is 5.87. The van der Waals surface area contributed by atoms with Crippen LogP contribution in [0.3, 0.4) is 0 Å². The van der Waals surface area contributed by atoms with E-state index < -0.39 is 5.79 Å². The molecule has 0 radical (unpaired) electrons. The number of nitrogens with two attached hydrogens (primary N) is 1. The Bertz CT molecular complexity index is 370. The smallest absolute Gasteiger partial charge is 0.248 e. The molecule has 1 heterocycles. The van der Waals surface area contributed by atoms with Crippen LogP contribution >= 0.6 is 11.6 Å². The fourth-order valence-corrected chi connectivity index (χ4v) is 1.82. The van der Waals surface area contributed by atoms with E-state index in [4.69, 9.17) is 26.8 Å². The molecule has 0 spiro atoms. The van der Waals surface area contributed by atoms with E-state index in [1.54, 1.807) is 12.1 Å². The van der Waals surface area contributed by atoms with Crippen LogP contribution in [-0.4, -0.2) is 12.3 Å². The van der Waals surface area contributed by atoms with E-state index in [0.717, 1.165) is 18.6 Å². The normalized spacial score (nSPS) is 23.1. The maximum absolute atomic E-state index is 5.87.